The summed E-state index contributed by atoms with van der Waals surface area (Å²) in [5.41, 5.74) is 0.112. The second kappa shape index (κ2) is 7.40. The minimum absolute atomic E-state index is 0.0251. The molecule has 0 atom stereocenters. The molecule has 0 unspecified atom stereocenters. The third kappa shape index (κ3) is 5.43. The van der Waals surface area contributed by atoms with Crippen LogP contribution >= 0.6 is 0 Å². The molecule has 1 aromatic heterocycles. The van der Waals surface area contributed by atoms with Crippen LogP contribution < -0.4 is 5.32 Å². The zero-order valence-corrected chi connectivity index (χ0v) is 14.3. The summed E-state index contributed by atoms with van der Waals surface area (Å²) in [6, 6.07) is 3.17. The standard InChI is InChI=1S/C14H26N2O4S/c1-14(2,8-9-19-5)11-15-10-12-6-7-13(20-12)21(17,18)16(3)4/h6-7,15H,8-11H2,1-5H3. The summed E-state index contributed by atoms with van der Waals surface area (Å²) in [6.07, 6.45) is 0.953. The van der Waals surface area contributed by atoms with Gasteiger partial charge in [0.25, 0.3) is 10.0 Å². The van der Waals surface area contributed by atoms with Crippen molar-refractivity contribution in [2.45, 2.75) is 31.9 Å². The van der Waals surface area contributed by atoms with Crippen LogP contribution in [0.5, 0.6) is 0 Å². The molecule has 0 fully saturated rings. The molecule has 0 saturated heterocycles. The average Bonchev–Trinajstić information content (AvgIpc) is 2.85. The summed E-state index contributed by atoms with van der Waals surface area (Å²) < 4.78 is 35.4. The van der Waals surface area contributed by atoms with Crippen LogP contribution in [0.3, 0.4) is 0 Å². The highest BCUT2D eigenvalue weighted by molar-refractivity contribution is 7.88. The normalized spacial score (nSPS) is 13.0. The van der Waals surface area contributed by atoms with Gasteiger partial charge in [-0.05, 0) is 24.0 Å². The predicted octanol–water partition coefficient (Wildman–Crippen LogP) is 1.68. The van der Waals surface area contributed by atoms with E-state index in [1.807, 2.05) is 0 Å². The lowest BCUT2D eigenvalue weighted by atomic mass is 9.90. The van der Waals surface area contributed by atoms with Crippen molar-refractivity contribution in [1.29, 1.82) is 0 Å². The third-order valence-corrected chi connectivity index (χ3v) is 4.95. The fourth-order valence-electron chi connectivity index (χ4n) is 1.76. The summed E-state index contributed by atoms with van der Waals surface area (Å²) in [6.45, 7) is 6.33. The van der Waals surface area contributed by atoms with E-state index < -0.39 is 10.0 Å². The van der Waals surface area contributed by atoms with E-state index in [2.05, 4.69) is 19.2 Å². The molecule has 0 spiro atoms. The fourth-order valence-corrected chi connectivity index (χ4v) is 2.57. The molecule has 1 heterocycles. The number of methoxy groups -OCH3 is 1. The van der Waals surface area contributed by atoms with Gasteiger partial charge in [0.2, 0.25) is 5.09 Å². The van der Waals surface area contributed by atoms with Crippen molar-refractivity contribution in [3.05, 3.63) is 17.9 Å². The number of ether oxygens (including phenoxy) is 1. The molecule has 0 amide bonds. The fraction of sp³-hybridized carbons (Fsp3) is 0.714. The maximum absolute atomic E-state index is 11.9. The third-order valence-electron chi connectivity index (χ3n) is 3.26. The molecule has 0 aromatic carbocycles. The number of sulfonamides is 1. The highest BCUT2D eigenvalue weighted by Gasteiger charge is 2.22. The highest BCUT2D eigenvalue weighted by Crippen LogP contribution is 2.20. The van der Waals surface area contributed by atoms with Crippen molar-refractivity contribution >= 4 is 10.0 Å². The zero-order chi connectivity index (χ0) is 16.1. The Morgan fingerprint density at radius 3 is 2.57 bits per heavy atom. The topological polar surface area (TPSA) is 71.8 Å². The van der Waals surface area contributed by atoms with Gasteiger partial charge in [-0.15, -0.1) is 0 Å². The van der Waals surface area contributed by atoms with Crippen molar-refractivity contribution in [3.8, 4) is 0 Å². The smallest absolute Gasteiger partial charge is 0.275 e. The summed E-state index contributed by atoms with van der Waals surface area (Å²) in [4.78, 5) is 0. The summed E-state index contributed by atoms with van der Waals surface area (Å²) in [7, 11) is 1.15. The van der Waals surface area contributed by atoms with Gasteiger partial charge in [-0.2, -0.15) is 0 Å². The van der Waals surface area contributed by atoms with E-state index in [0.717, 1.165) is 23.9 Å². The first kappa shape index (κ1) is 18.2. The number of nitrogens with one attached hydrogen (secondary N) is 1. The van der Waals surface area contributed by atoms with Crippen molar-refractivity contribution in [3.63, 3.8) is 0 Å². The average molecular weight is 318 g/mol. The Balaban J connectivity index is 2.53. The van der Waals surface area contributed by atoms with Crippen LogP contribution in [0.4, 0.5) is 0 Å². The summed E-state index contributed by atoms with van der Waals surface area (Å²) in [5.74, 6) is 0.609. The van der Waals surface area contributed by atoms with Gasteiger partial charge >= 0.3 is 0 Å². The number of hydrogen-bond acceptors (Lipinski definition) is 5. The molecule has 122 valence electrons. The Labute approximate surface area is 127 Å². The van der Waals surface area contributed by atoms with Crippen molar-refractivity contribution in [2.75, 3.05) is 34.4 Å². The Morgan fingerprint density at radius 1 is 1.33 bits per heavy atom. The molecule has 0 radical (unpaired) electrons. The van der Waals surface area contributed by atoms with Gasteiger partial charge in [0.15, 0.2) is 0 Å². The minimum Gasteiger partial charge on any atom is -0.447 e. The molecule has 1 N–H and O–H groups in total. The van der Waals surface area contributed by atoms with E-state index in [4.69, 9.17) is 9.15 Å². The van der Waals surface area contributed by atoms with Gasteiger partial charge in [-0.1, -0.05) is 13.8 Å². The van der Waals surface area contributed by atoms with E-state index >= 15 is 0 Å². The van der Waals surface area contributed by atoms with E-state index in [9.17, 15) is 8.42 Å². The lowest BCUT2D eigenvalue weighted by Gasteiger charge is -2.24. The Morgan fingerprint density at radius 2 is 2.00 bits per heavy atom. The highest BCUT2D eigenvalue weighted by atomic mass is 32.2. The Bertz CT molecular complexity index is 535. The van der Waals surface area contributed by atoms with Gasteiger partial charge in [0, 0.05) is 34.4 Å². The monoisotopic (exact) mass is 318 g/mol. The molecular weight excluding hydrogens is 292 g/mol. The van der Waals surface area contributed by atoms with Crippen LogP contribution in [0, 0.1) is 5.41 Å². The van der Waals surface area contributed by atoms with Crippen molar-refractivity contribution in [2.24, 2.45) is 5.41 Å². The predicted molar refractivity (Wildman–Crippen MR) is 81.6 cm³/mol. The lowest BCUT2D eigenvalue weighted by Crippen LogP contribution is -2.30. The Hall–Kier alpha value is -0.890. The second-order valence-electron chi connectivity index (χ2n) is 6.02. The molecule has 7 heteroatoms. The van der Waals surface area contributed by atoms with E-state index in [1.54, 1.807) is 13.2 Å². The number of furan rings is 1. The quantitative estimate of drug-likeness (QED) is 0.750. The molecule has 21 heavy (non-hydrogen) atoms. The molecule has 0 saturated carbocycles. The van der Waals surface area contributed by atoms with Gasteiger partial charge in [0.05, 0.1) is 6.54 Å². The molecule has 0 aliphatic rings. The zero-order valence-electron chi connectivity index (χ0n) is 13.5. The molecule has 0 aliphatic heterocycles. The number of rotatable bonds is 9. The van der Waals surface area contributed by atoms with Gasteiger partial charge in [0.1, 0.15) is 5.76 Å². The molecular formula is C14H26N2O4S. The lowest BCUT2D eigenvalue weighted by molar-refractivity contribution is 0.150. The van der Waals surface area contributed by atoms with Gasteiger partial charge < -0.3 is 14.5 Å². The molecule has 6 nitrogen and oxygen atoms in total. The van der Waals surface area contributed by atoms with Crippen LogP contribution in [0.2, 0.25) is 0 Å². The SMILES string of the molecule is COCCC(C)(C)CNCc1ccc(S(=O)(=O)N(C)C)o1. The number of hydrogen-bond donors (Lipinski definition) is 1. The maximum Gasteiger partial charge on any atom is 0.275 e. The largest absolute Gasteiger partial charge is 0.447 e. The van der Waals surface area contributed by atoms with Crippen LogP contribution in [0.25, 0.3) is 0 Å². The van der Waals surface area contributed by atoms with E-state index in [0.29, 0.717) is 12.3 Å². The first-order valence-electron chi connectivity index (χ1n) is 6.90. The first-order valence-corrected chi connectivity index (χ1v) is 8.34. The van der Waals surface area contributed by atoms with Crippen LogP contribution in [0.15, 0.2) is 21.6 Å². The molecule has 1 aromatic rings. The molecule has 0 bridgehead atoms. The summed E-state index contributed by atoms with van der Waals surface area (Å²) in [5, 5.41) is 3.26. The minimum atomic E-state index is -3.50. The van der Waals surface area contributed by atoms with Crippen molar-refractivity contribution < 1.29 is 17.6 Å². The van der Waals surface area contributed by atoms with E-state index in [-0.39, 0.29) is 10.5 Å². The van der Waals surface area contributed by atoms with Crippen LogP contribution in [0.1, 0.15) is 26.0 Å². The second-order valence-corrected chi connectivity index (χ2v) is 8.10. The van der Waals surface area contributed by atoms with Gasteiger partial charge in [-0.3, -0.25) is 0 Å². The molecule has 1 rings (SSSR count). The number of nitrogens with zero attached hydrogens (tertiary/aromatic N) is 1. The first-order chi connectivity index (χ1) is 9.69. The Kier molecular flexibility index (Phi) is 6.40. The van der Waals surface area contributed by atoms with Crippen LogP contribution in [-0.4, -0.2) is 47.1 Å². The van der Waals surface area contributed by atoms with Crippen LogP contribution in [-0.2, 0) is 21.3 Å². The van der Waals surface area contributed by atoms with Crippen molar-refractivity contribution in [1.82, 2.24) is 9.62 Å². The maximum atomic E-state index is 11.9. The van der Waals surface area contributed by atoms with Gasteiger partial charge in [-0.25, -0.2) is 12.7 Å². The molecule has 0 aliphatic carbocycles. The summed E-state index contributed by atoms with van der Waals surface area (Å²) >= 11 is 0. The van der Waals surface area contributed by atoms with E-state index in [1.165, 1.54) is 20.2 Å².